The van der Waals surface area contributed by atoms with E-state index < -0.39 is 47.1 Å². The molecule has 4 atom stereocenters. The molecule has 140 valence electrons. The van der Waals surface area contributed by atoms with E-state index in [-0.39, 0.29) is 0 Å². The molecule has 2 bridgehead atoms. The van der Waals surface area contributed by atoms with Crippen LogP contribution >= 0.6 is 0 Å². The number of carbonyl (C=O) groups is 2. The molecule has 0 radical (unpaired) electrons. The van der Waals surface area contributed by atoms with Gasteiger partial charge in [-0.1, -0.05) is 60.7 Å². The first-order chi connectivity index (χ1) is 13.0. The van der Waals surface area contributed by atoms with Crippen LogP contribution in [-0.4, -0.2) is 32.9 Å². The molecule has 4 rings (SSSR count). The number of benzene rings is 2. The predicted molar refractivity (Wildman–Crippen MR) is 98.1 cm³/mol. The van der Waals surface area contributed by atoms with Gasteiger partial charge in [0.1, 0.15) is 0 Å². The maximum atomic E-state index is 12.0. The minimum absolute atomic E-state index is 0.469. The Morgan fingerprint density at radius 3 is 1.48 bits per heavy atom. The smallest absolute Gasteiger partial charge is 0.307 e. The number of aliphatic hydroxyl groups is 1. The predicted octanol–water partition coefficient (Wildman–Crippen LogP) is 2.99. The van der Waals surface area contributed by atoms with Gasteiger partial charge < -0.3 is 15.3 Å². The summed E-state index contributed by atoms with van der Waals surface area (Å²) in [6, 6.07) is 19.0. The third-order valence-corrected chi connectivity index (χ3v) is 6.53. The SMILES string of the molecule is O=C(O)C1C(C(=O)O)C2CCC1C2(O)C(c1ccccc1)c1ccccc1. The van der Waals surface area contributed by atoms with Gasteiger partial charge in [-0.2, -0.15) is 0 Å². The monoisotopic (exact) mass is 366 g/mol. The fourth-order valence-corrected chi connectivity index (χ4v) is 5.63. The van der Waals surface area contributed by atoms with Crippen LogP contribution in [0, 0.1) is 23.7 Å². The number of carboxylic acid groups (broad SMARTS) is 2. The number of hydrogen-bond acceptors (Lipinski definition) is 3. The van der Waals surface area contributed by atoms with Crippen LogP contribution in [0.1, 0.15) is 29.9 Å². The second-order valence-corrected chi connectivity index (χ2v) is 7.66. The van der Waals surface area contributed by atoms with Gasteiger partial charge in [-0.25, -0.2) is 0 Å². The molecule has 0 heterocycles. The molecular weight excluding hydrogens is 344 g/mol. The Hall–Kier alpha value is -2.66. The van der Waals surface area contributed by atoms with Crippen molar-refractivity contribution in [3.05, 3.63) is 71.8 Å². The van der Waals surface area contributed by atoms with Gasteiger partial charge in [0.25, 0.3) is 0 Å². The van der Waals surface area contributed by atoms with Gasteiger partial charge in [-0.3, -0.25) is 9.59 Å². The summed E-state index contributed by atoms with van der Waals surface area (Å²) in [4.78, 5) is 23.8. The van der Waals surface area contributed by atoms with Crippen LogP contribution in [-0.2, 0) is 9.59 Å². The van der Waals surface area contributed by atoms with Gasteiger partial charge in [0.05, 0.1) is 17.4 Å². The standard InChI is InChI=1S/C22H22O5/c23-20(24)17-15-11-12-16(18(17)21(25)26)22(15,27)19(13-7-3-1-4-8-13)14-9-5-2-6-10-14/h1-10,15-19,27H,11-12H2,(H,23,24)(H,25,26). The molecule has 5 heteroatoms. The topological polar surface area (TPSA) is 94.8 Å². The zero-order valence-electron chi connectivity index (χ0n) is 14.7. The van der Waals surface area contributed by atoms with Crippen molar-refractivity contribution in [2.24, 2.45) is 23.7 Å². The van der Waals surface area contributed by atoms with Crippen LogP contribution in [0.15, 0.2) is 60.7 Å². The first-order valence-electron chi connectivity index (χ1n) is 9.24. The summed E-state index contributed by atoms with van der Waals surface area (Å²) in [7, 11) is 0. The van der Waals surface area contributed by atoms with Crippen LogP contribution in [0.4, 0.5) is 0 Å². The minimum Gasteiger partial charge on any atom is -0.481 e. The van der Waals surface area contributed by atoms with E-state index in [9.17, 15) is 24.9 Å². The summed E-state index contributed by atoms with van der Waals surface area (Å²) in [6.07, 6.45) is 1.05. The Morgan fingerprint density at radius 2 is 1.15 bits per heavy atom. The van der Waals surface area contributed by atoms with Crippen LogP contribution < -0.4 is 0 Å². The number of carboxylic acids is 2. The average molecular weight is 366 g/mol. The van der Waals surface area contributed by atoms with E-state index in [1.807, 2.05) is 60.7 Å². The van der Waals surface area contributed by atoms with E-state index in [1.165, 1.54) is 0 Å². The molecular formula is C22H22O5. The van der Waals surface area contributed by atoms with Gasteiger partial charge in [0, 0.05) is 17.8 Å². The zero-order valence-corrected chi connectivity index (χ0v) is 14.7. The van der Waals surface area contributed by atoms with Gasteiger partial charge >= 0.3 is 11.9 Å². The Bertz CT molecular complexity index is 780. The van der Waals surface area contributed by atoms with Crippen molar-refractivity contribution in [1.29, 1.82) is 0 Å². The molecule has 27 heavy (non-hydrogen) atoms. The second-order valence-electron chi connectivity index (χ2n) is 7.66. The van der Waals surface area contributed by atoms with Crippen LogP contribution in [0.2, 0.25) is 0 Å². The highest BCUT2D eigenvalue weighted by Crippen LogP contribution is 2.64. The summed E-state index contributed by atoms with van der Waals surface area (Å²) in [5, 5.41) is 31.4. The maximum absolute atomic E-state index is 12.0. The molecule has 2 aromatic rings. The number of rotatable bonds is 5. The molecule has 4 unspecified atom stereocenters. The largest absolute Gasteiger partial charge is 0.481 e. The van der Waals surface area contributed by atoms with Crippen LogP contribution in [0.5, 0.6) is 0 Å². The zero-order chi connectivity index (χ0) is 19.2. The number of hydrogen-bond donors (Lipinski definition) is 3. The normalized spacial score (nSPS) is 31.9. The van der Waals surface area contributed by atoms with Gasteiger partial charge in [-0.05, 0) is 24.0 Å². The summed E-state index contributed by atoms with van der Waals surface area (Å²) in [5.74, 6) is -6.05. The molecule has 2 aliphatic rings. The third-order valence-electron chi connectivity index (χ3n) is 6.53. The van der Waals surface area contributed by atoms with Crippen LogP contribution in [0.3, 0.4) is 0 Å². The quantitative estimate of drug-likeness (QED) is 0.756. The van der Waals surface area contributed by atoms with E-state index >= 15 is 0 Å². The maximum Gasteiger partial charge on any atom is 0.307 e. The average Bonchev–Trinajstić information content (AvgIpc) is 3.12. The summed E-state index contributed by atoms with van der Waals surface area (Å²) >= 11 is 0. The molecule has 2 saturated carbocycles. The fourth-order valence-electron chi connectivity index (χ4n) is 5.63. The van der Waals surface area contributed by atoms with Crippen molar-refractivity contribution in [1.82, 2.24) is 0 Å². The first-order valence-corrected chi connectivity index (χ1v) is 9.24. The van der Waals surface area contributed by atoms with E-state index in [0.717, 1.165) is 11.1 Å². The second kappa shape index (κ2) is 6.50. The summed E-state index contributed by atoms with van der Waals surface area (Å²) in [6.45, 7) is 0. The molecule has 2 aromatic carbocycles. The highest BCUT2D eigenvalue weighted by Gasteiger charge is 2.70. The molecule has 5 nitrogen and oxygen atoms in total. The van der Waals surface area contributed by atoms with E-state index in [1.54, 1.807) is 0 Å². The van der Waals surface area contributed by atoms with Crippen LogP contribution in [0.25, 0.3) is 0 Å². The highest BCUT2D eigenvalue weighted by molar-refractivity contribution is 5.82. The Balaban J connectivity index is 1.90. The molecule has 0 aliphatic heterocycles. The molecule has 3 N–H and O–H groups in total. The van der Waals surface area contributed by atoms with Crippen molar-refractivity contribution in [2.75, 3.05) is 0 Å². The van der Waals surface area contributed by atoms with Gasteiger partial charge in [-0.15, -0.1) is 0 Å². The molecule has 0 spiro atoms. The van der Waals surface area contributed by atoms with E-state index in [0.29, 0.717) is 12.8 Å². The Labute approximate surface area is 157 Å². The summed E-state index contributed by atoms with van der Waals surface area (Å²) in [5.41, 5.74) is 0.339. The lowest BCUT2D eigenvalue weighted by Crippen LogP contribution is -2.43. The third kappa shape index (κ3) is 2.57. The van der Waals surface area contributed by atoms with Crippen molar-refractivity contribution >= 4 is 11.9 Å². The van der Waals surface area contributed by atoms with Crippen molar-refractivity contribution in [2.45, 2.75) is 24.4 Å². The van der Waals surface area contributed by atoms with Gasteiger partial charge in [0.15, 0.2) is 0 Å². The highest BCUT2D eigenvalue weighted by atomic mass is 16.4. The Kier molecular flexibility index (Phi) is 4.27. The lowest BCUT2D eigenvalue weighted by Gasteiger charge is -2.38. The van der Waals surface area contributed by atoms with Crippen molar-refractivity contribution < 1.29 is 24.9 Å². The lowest BCUT2D eigenvalue weighted by atomic mass is 9.71. The van der Waals surface area contributed by atoms with E-state index in [2.05, 4.69) is 0 Å². The minimum atomic E-state index is -1.41. The van der Waals surface area contributed by atoms with Crippen molar-refractivity contribution in [3.63, 3.8) is 0 Å². The number of aliphatic carboxylic acids is 2. The molecule has 2 fully saturated rings. The van der Waals surface area contributed by atoms with E-state index in [4.69, 9.17) is 0 Å². The van der Waals surface area contributed by atoms with Gasteiger partial charge in [0.2, 0.25) is 0 Å². The summed E-state index contributed by atoms with van der Waals surface area (Å²) < 4.78 is 0. The van der Waals surface area contributed by atoms with Crippen molar-refractivity contribution in [3.8, 4) is 0 Å². The molecule has 0 aromatic heterocycles. The lowest BCUT2D eigenvalue weighted by molar-refractivity contribution is -0.156. The molecule has 0 amide bonds. The Morgan fingerprint density at radius 1 is 0.778 bits per heavy atom. The molecule has 2 aliphatic carbocycles. The fraction of sp³-hybridized carbons (Fsp3) is 0.364. The first kappa shape index (κ1) is 17.7. The number of fused-ring (bicyclic) bond motifs is 2. The molecule has 0 saturated heterocycles.